The van der Waals surface area contributed by atoms with E-state index in [4.69, 9.17) is 24.5 Å². The van der Waals surface area contributed by atoms with Crippen molar-refractivity contribution in [3.8, 4) is 11.5 Å². The van der Waals surface area contributed by atoms with E-state index in [9.17, 15) is 5.11 Å². The summed E-state index contributed by atoms with van der Waals surface area (Å²) in [4.78, 5) is 18.0. The highest BCUT2D eigenvalue weighted by Gasteiger charge is 2.28. The van der Waals surface area contributed by atoms with Gasteiger partial charge in [0.25, 0.3) is 0 Å². The minimum Gasteiger partial charge on any atom is -0.539 e. The van der Waals surface area contributed by atoms with Gasteiger partial charge in [0.2, 0.25) is 0 Å². The number of ether oxygens (including phenoxy) is 1. The number of halogens is 4. The zero-order chi connectivity index (χ0) is 22.6. The number of phenolic OH excluding ortho intramolecular Hbond substituents is 1. The van der Waals surface area contributed by atoms with Gasteiger partial charge >= 0.3 is 5.97 Å². The van der Waals surface area contributed by atoms with Gasteiger partial charge in [0, 0.05) is 18.4 Å². The smallest absolute Gasteiger partial charge is 0.351 e. The molecule has 0 aliphatic carbocycles. The van der Waals surface area contributed by atoms with Crippen LogP contribution >= 0.6 is 77.0 Å². The number of carboxylic acids is 2. The standard InChI is InChI=1S/C17H15Br2I2NO2.C2H2O4/c1-24-17-12(20)4-8(5-13(17)21)6-14-10-7-11(18)16(23)15(19)9(10)2-3-22-14;3-1(4)2(5)6/h4-5,7,14,22-23H,2-3,6H2,1H3;(H,3,4)(H,5,6). The van der Waals surface area contributed by atoms with Crippen LogP contribution in [0.2, 0.25) is 0 Å². The molecule has 3 rings (SSSR count). The number of benzene rings is 2. The Kier molecular flexibility index (Phi) is 9.64. The van der Waals surface area contributed by atoms with E-state index < -0.39 is 11.9 Å². The van der Waals surface area contributed by atoms with Gasteiger partial charge in [0.1, 0.15) is 17.5 Å². The molecule has 11 heteroatoms. The summed E-state index contributed by atoms with van der Waals surface area (Å²) >= 11 is 11.7. The average molecular weight is 769 g/mol. The number of aliphatic carboxylic acids is 2. The maximum atomic E-state index is 10.1. The first-order chi connectivity index (χ1) is 14.1. The molecule has 1 aliphatic rings. The number of hydrogen-bond acceptors (Lipinski definition) is 5. The molecular formula is C19H17Br2I2NO6. The number of carbonyl (C=O) groups is 2. The van der Waals surface area contributed by atoms with Crippen LogP contribution in [0.3, 0.4) is 0 Å². The molecule has 0 spiro atoms. The number of quaternary nitrogens is 1. The molecule has 0 bridgehead atoms. The number of methoxy groups -OCH3 is 1. The monoisotopic (exact) mass is 767 g/mol. The fourth-order valence-corrected chi connectivity index (χ4v) is 6.87. The molecule has 2 aromatic carbocycles. The highest BCUT2D eigenvalue weighted by molar-refractivity contribution is 14.1. The van der Waals surface area contributed by atoms with Crippen LogP contribution in [0.15, 0.2) is 27.1 Å². The lowest BCUT2D eigenvalue weighted by Gasteiger charge is -2.26. The van der Waals surface area contributed by atoms with Crippen molar-refractivity contribution >= 4 is 89.0 Å². The van der Waals surface area contributed by atoms with Crippen molar-refractivity contribution in [2.24, 2.45) is 0 Å². The number of hydrogen-bond donors (Lipinski definition) is 3. The van der Waals surface area contributed by atoms with Crippen LogP contribution in [0.4, 0.5) is 0 Å². The van der Waals surface area contributed by atoms with Gasteiger partial charge in [-0.15, -0.1) is 0 Å². The lowest BCUT2D eigenvalue weighted by atomic mass is 9.90. The molecule has 1 aliphatic heterocycles. The number of phenols is 1. The number of aromatic hydroxyl groups is 1. The molecule has 0 fully saturated rings. The largest absolute Gasteiger partial charge is 0.539 e. The van der Waals surface area contributed by atoms with Crippen molar-refractivity contribution in [2.75, 3.05) is 13.7 Å². The number of nitrogens with two attached hydrogens (primary N) is 1. The maximum absolute atomic E-state index is 10.1. The first-order valence-corrected chi connectivity index (χ1v) is 12.3. The van der Waals surface area contributed by atoms with Gasteiger partial charge < -0.3 is 30.2 Å². The maximum Gasteiger partial charge on any atom is 0.351 e. The summed E-state index contributed by atoms with van der Waals surface area (Å²) in [7, 11) is 1.71. The van der Waals surface area contributed by atoms with Crippen LogP contribution in [0.25, 0.3) is 0 Å². The van der Waals surface area contributed by atoms with Crippen molar-refractivity contribution in [2.45, 2.75) is 18.9 Å². The molecule has 2 aromatic rings. The molecule has 1 atom stereocenters. The number of carboxylic acid groups (broad SMARTS) is 2. The summed E-state index contributed by atoms with van der Waals surface area (Å²) in [6.45, 7) is 1.03. The molecule has 162 valence electrons. The van der Waals surface area contributed by atoms with Crippen molar-refractivity contribution in [3.63, 3.8) is 0 Å². The van der Waals surface area contributed by atoms with Gasteiger partial charge in [-0.25, -0.2) is 4.79 Å². The normalized spacial score (nSPS) is 14.9. The molecular weight excluding hydrogens is 752 g/mol. The minimum absolute atomic E-state index is 0.294. The topological polar surface area (TPSA) is 124 Å². The predicted molar refractivity (Wildman–Crippen MR) is 132 cm³/mol. The van der Waals surface area contributed by atoms with Gasteiger partial charge in [-0.3, -0.25) is 0 Å². The number of rotatable bonds is 3. The lowest BCUT2D eigenvalue weighted by molar-refractivity contribution is -0.698. The molecule has 30 heavy (non-hydrogen) atoms. The van der Waals surface area contributed by atoms with E-state index in [0.29, 0.717) is 11.8 Å². The highest BCUT2D eigenvalue weighted by Crippen LogP contribution is 2.40. The third kappa shape index (κ3) is 6.20. The van der Waals surface area contributed by atoms with E-state index in [1.165, 1.54) is 16.7 Å². The van der Waals surface area contributed by atoms with E-state index >= 15 is 0 Å². The Bertz CT molecular complexity index is 951. The Morgan fingerprint density at radius 1 is 1.27 bits per heavy atom. The minimum atomic E-state index is -2.07. The Morgan fingerprint density at radius 3 is 2.33 bits per heavy atom. The van der Waals surface area contributed by atoms with Crippen LogP contribution in [0.5, 0.6) is 11.5 Å². The summed E-state index contributed by atoms with van der Waals surface area (Å²) < 4.78 is 9.30. The zero-order valence-corrected chi connectivity index (χ0v) is 23.0. The van der Waals surface area contributed by atoms with Crippen LogP contribution in [0.1, 0.15) is 22.7 Å². The van der Waals surface area contributed by atoms with Gasteiger partial charge in [0.15, 0.2) is 5.97 Å². The Morgan fingerprint density at radius 2 is 1.83 bits per heavy atom. The fourth-order valence-electron chi connectivity index (χ4n) is 3.18. The fraction of sp³-hybridized carbons (Fsp3) is 0.263. The zero-order valence-electron chi connectivity index (χ0n) is 15.5. The van der Waals surface area contributed by atoms with E-state index in [2.05, 4.69) is 101 Å². The molecule has 0 aromatic heterocycles. The van der Waals surface area contributed by atoms with Crippen LogP contribution in [0, 0.1) is 7.14 Å². The van der Waals surface area contributed by atoms with Crippen molar-refractivity contribution in [1.82, 2.24) is 0 Å². The first kappa shape index (κ1) is 25.6. The van der Waals surface area contributed by atoms with Crippen molar-refractivity contribution in [1.29, 1.82) is 0 Å². The summed E-state index contributed by atoms with van der Waals surface area (Å²) in [5.41, 5.74) is 3.82. The predicted octanol–water partition coefficient (Wildman–Crippen LogP) is 2.36. The van der Waals surface area contributed by atoms with E-state index in [1.807, 2.05) is 0 Å². The van der Waals surface area contributed by atoms with Gasteiger partial charge in [0.05, 0.1) is 29.7 Å². The second-order valence-corrected chi connectivity index (χ2v) is 10.3. The SMILES string of the molecule is COc1c(I)cc(CC2[NH2+]CCc3c2cc(Br)c(O)c3Br)cc1I.O=C([O-])C(=O)O. The van der Waals surface area contributed by atoms with E-state index in [0.717, 1.165) is 41.2 Å². The third-order valence-corrected chi connectivity index (χ3v) is 7.53. The molecule has 4 N–H and O–H groups in total. The van der Waals surface area contributed by atoms with E-state index in [1.54, 1.807) is 7.11 Å². The van der Waals surface area contributed by atoms with Crippen LogP contribution < -0.4 is 15.2 Å². The average Bonchev–Trinajstić information content (AvgIpc) is 2.67. The molecule has 0 radical (unpaired) electrons. The first-order valence-electron chi connectivity index (χ1n) is 8.56. The van der Waals surface area contributed by atoms with Crippen molar-refractivity contribution < 1.29 is 35.0 Å². The molecule has 7 nitrogen and oxygen atoms in total. The molecule has 1 heterocycles. The molecule has 0 saturated carbocycles. The molecule has 0 amide bonds. The second-order valence-electron chi connectivity index (χ2n) is 6.36. The molecule has 1 unspecified atom stereocenters. The van der Waals surface area contributed by atoms with E-state index in [-0.39, 0.29) is 0 Å². The Hall–Kier alpha value is -0.640. The molecule has 0 saturated heterocycles. The van der Waals surface area contributed by atoms with Gasteiger partial charge in [-0.05, 0) is 106 Å². The summed E-state index contributed by atoms with van der Waals surface area (Å²) in [5, 5.41) is 28.9. The van der Waals surface area contributed by atoms with Crippen LogP contribution in [-0.4, -0.2) is 35.8 Å². The summed E-state index contributed by atoms with van der Waals surface area (Å²) in [6.07, 6.45) is 1.91. The van der Waals surface area contributed by atoms with Gasteiger partial charge in [-0.2, -0.15) is 0 Å². The Balaban J connectivity index is 0.000000469. The van der Waals surface area contributed by atoms with Crippen molar-refractivity contribution in [3.05, 3.63) is 51.0 Å². The summed E-state index contributed by atoms with van der Waals surface area (Å²) in [6, 6.07) is 6.82. The van der Waals surface area contributed by atoms with Crippen LogP contribution in [-0.2, 0) is 22.4 Å². The quantitative estimate of drug-likeness (QED) is 0.326. The lowest BCUT2D eigenvalue weighted by Crippen LogP contribution is -2.87. The summed E-state index contributed by atoms with van der Waals surface area (Å²) in [5.74, 6) is -2.77. The Labute approximate surface area is 217 Å². The second kappa shape index (κ2) is 11.3. The number of carbonyl (C=O) groups excluding carboxylic acids is 1. The van der Waals surface area contributed by atoms with Gasteiger partial charge in [-0.1, -0.05) is 0 Å². The number of fused-ring (bicyclic) bond motifs is 1. The third-order valence-electron chi connectivity index (χ3n) is 4.47. The highest BCUT2D eigenvalue weighted by atomic mass is 127.